The van der Waals surface area contributed by atoms with Gasteiger partial charge in [-0.1, -0.05) is 56.7 Å². The molecule has 7 heteroatoms. The van der Waals surface area contributed by atoms with E-state index in [1.807, 2.05) is 46.0 Å². The molecule has 34 heavy (non-hydrogen) atoms. The Morgan fingerprint density at radius 3 is 2.53 bits per heavy atom. The molecular weight excluding hydrogens is 446 g/mol. The maximum Gasteiger partial charge on any atom is 0.325 e. The van der Waals surface area contributed by atoms with Crippen molar-refractivity contribution in [3.8, 4) is 0 Å². The van der Waals surface area contributed by atoms with Crippen LogP contribution in [0.5, 0.6) is 0 Å². The van der Waals surface area contributed by atoms with Gasteiger partial charge in [0.25, 0.3) is 5.91 Å². The van der Waals surface area contributed by atoms with Crippen molar-refractivity contribution in [2.24, 2.45) is 4.99 Å². The van der Waals surface area contributed by atoms with Gasteiger partial charge in [-0.3, -0.25) is 19.5 Å². The zero-order valence-corrected chi connectivity index (χ0v) is 20.7. The number of amidine groups is 1. The highest BCUT2D eigenvalue weighted by Crippen LogP contribution is 2.39. The Kier molecular flexibility index (Phi) is 7.09. The van der Waals surface area contributed by atoms with E-state index in [2.05, 4.69) is 0 Å². The number of ether oxygens (including phenoxy) is 1. The second-order valence-corrected chi connectivity index (χ2v) is 10.6. The Morgan fingerprint density at radius 1 is 1.09 bits per heavy atom. The van der Waals surface area contributed by atoms with Crippen molar-refractivity contribution in [2.75, 3.05) is 7.11 Å². The normalized spacial score (nSPS) is 22.9. The van der Waals surface area contributed by atoms with Crippen molar-refractivity contribution >= 4 is 45.8 Å². The second-order valence-electron chi connectivity index (χ2n) is 9.59. The van der Waals surface area contributed by atoms with Crippen LogP contribution in [0.3, 0.4) is 0 Å². The number of thioether (sulfide) groups is 1. The predicted octanol–water partition coefficient (Wildman–Crippen LogP) is 5.75. The molecule has 3 fully saturated rings. The first-order chi connectivity index (χ1) is 16.6. The van der Waals surface area contributed by atoms with Gasteiger partial charge in [0.2, 0.25) is 0 Å². The molecule has 1 aliphatic heterocycles. The smallest absolute Gasteiger partial charge is 0.325 e. The summed E-state index contributed by atoms with van der Waals surface area (Å²) in [5.41, 5.74) is 1.90. The third-order valence-corrected chi connectivity index (χ3v) is 8.27. The molecule has 1 aromatic heterocycles. The van der Waals surface area contributed by atoms with Crippen LogP contribution >= 0.6 is 11.8 Å². The SMILES string of the molecule is COC(=O)Cn1cc(/C=C2\SC(=NC3CCCCC3)N(C3CCCCC3)C2=O)c2ccccc21. The lowest BCUT2D eigenvalue weighted by molar-refractivity contribution is -0.141. The molecule has 2 aliphatic carbocycles. The van der Waals surface area contributed by atoms with E-state index in [4.69, 9.17) is 9.73 Å². The molecule has 1 amide bonds. The van der Waals surface area contributed by atoms with Crippen LogP contribution in [0.2, 0.25) is 0 Å². The molecule has 2 aromatic rings. The highest BCUT2D eigenvalue weighted by molar-refractivity contribution is 8.18. The minimum absolute atomic E-state index is 0.0799. The molecule has 0 unspecified atom stereocenters. The summed E-state index contributed by atoms with van der Waals surface area (Å²) in [5.74, 6) is -0.215. The third-order valence-electron chi connectivity index (χ3n) is 7.28. The molecule has 0 spiro atoms. The molecule has 2 heterocycles. The fourth-order valence-electron chi connectivity index (χ4n) is 5.47. The molecule has 180 valence electrons. The summed E-state index contributed by atoms with van der Waals surface area (Å²) in [6.07, 6.45) is 15.6. The first-order valence-electron chi connectivity index (χ1n) is 12.6. The largest absolute Gasteiger partial charge is 0.468 e. The van der Waals surface area contributed by atoms with Crippen LogP contribution in [-0.2, 0) is 20.9 Å². The van der Waals surface area contributed by atoms with E-state index < -0.39 is 0 Å². The summed E-state index contributed by atoms with van der Waals surface area (Å²) < 4.78 is 6.77. The van der Waals surface area contributed by atoms with Gasteiger partial charge in [0.15, 0.2) is 5.17 Å². The fraction of sp³-hybridized carbons (Fsp3) is 0.519. The summed E-state index contributed by atoms with van der Waals surface area (Å²) in [7, 11) is 1.40. The number of methoxy groups -OCH3 is 1. The zero-order valence-electron chi connectivity index (χ0n) is 19.9. The quantitative estimate of drug-likeness (QED) is 0.404. The summed E-state index contributed by atoms with van der Waals surface area (Å²) in [6.45, 7) is 0.143. The zero-order chi connectivity index (χ0) is 23.5. The third kappa shape index (κ3) is 4.81. The van der Waals surface area contributed by atoms with Gasteiger partial charge in [0.1, 0.15) is 6.54 Å². The molecular formula is C27H33N3O3S. The van der Waals surface area contributed by atoms with Gasteiger partial charge < -0.3 is 9.30 Å². The van der Waals surface area contributed by atoms with Gasteiger partial charge in [-0.2, -0.15) is 0 Å². The lowest BCUT2D eigenvalue weighted by atomic mass is 9.94. The van der Waals surface area contributed by atoms with Crippen LogP contribution in [0, 0.1) is 0 Å². The van der Waals surface area contributed by atoms with Gasteiger partial charge in [0.05, 0.1) is 18.1 Å². The van der Waals surface area contributed by atoms with Crippen LogP contribution in [-0.4, -0.2) is 45.7 Å². The number of hydrogen-bond acceptors (Lipinski definition) is 5. The molecule has 0 bridgehead atoms. The monoisotopic (exact) mass is 479 g/mol. The van der Waals surface area contributed by atoms with E-state index >= 15 is 0 Å². The molecule has 0 atom stereocenters. The summed E-state index contributed by atoms with van der Waals surface area (Å²) >= 11 is 1.53. The highest BCUT2D eigenvalue weighted by Gasteiger charge is 2.39. The fourth-order valence-corrected chi connectivity index (χ4v) is 6.57. The van der Waals surface area contributed by atoms with Crippen molar-refractivity contribution < 1.29 is 14.3 Å². The number of para-hydroxylation sites is 1. The van der Waals surface area contributed by atoms with Crippen molar-refractivity contribution in [1.82, 2.24) is 9.47 Å². The van der Waals surface area contributed by atoms with E-state index in [9.17, 15) is 9.59 Å². The number of carbonyl (C=O) groups is 2. The lowest BCUT2D eigenvalue weighted by Crippen LogP contribution is -2.41. The average molecular weight is 480 g/mol. The Morgan fingerprint density at radius 2 is 1.79 bits per heavy atom. The minimum atomic E-state index is -0.295. The van der Waals surface area contributed by atoms with Crippen molar-refractivity contribution in [2.45, 2.75) is 82.8 Å². The predicted molar refractivity (Wildman–Crippen MR) is 138 cm³/mol. The minimum Gasteiger partial charge on any atom is -0.468 e. The van der Waals surface area contributed by atoms with Crippen molar-refractivity contribution in [1.29, 1.82) is 0 Å². The Labute approximate surface area is 205 Å². The van der Waals surface area contributed by atoms with E-state index in [-0.39, 0.29) is 24.5 Å². The first kappa shape index (κ1) is 23.2. The van der Waals surface area contributed by atoms with Gasteiger partial charge in [-0.25, -0.2) is 0 Å². The van der Waals surface area contributed by atoms with Crippen LogP contribution in [0.1, 0.15) is 69.8 Å². The van der Waals surface area contributed by atoms with Gasteiger partial charge in [-0.05, 0) is 49.6 Å². The number of esters is 1. The maximum absolute atomic E-state index is 13.7. The summed E-state index contributed by atoms with van der Waals surface area (Å²) in [6, 6.07) is 8.56. The molecule has 5 rings (SSSR count). The Balaban J connectivity index is 1.50. The second kappa shape index (κ2) is 10.4. The Hall–Kier alpha value is -2.54. The number of nitrogens with zero attached hydrogens (tertiary/aromatic N) is 3. The van der Waals surface area contributed by atoms with Crippen LogP contribution in [0.4, 0.5) is 0 Å². The van der Waals surface area contributed by atoms with Crippen LogP contribution < -0.4 is 0 Å². The number of rotatable bonds is 5. The topological polar surface area (TPSA) is 63.9 Å². The number of hydrogen-bond donors (Lipinski definition) is 0. The average Bonchev–Trinajstić information content (AvgIpc) is 3.37. The number of carbonyl (C=O) groups excluding carboxylic acids is 2. The number of aromatic nitrogens is 1. The van der Waals surface area contributed by atoms with Gasteiger partial charge in [0, 0.05) is 28.7 Å². The van der Waals surface area contributed by atoms with E-state index in [1.165, 1.54) is 57.4 Å². The van der Waals surface area contributed by atoms with Gasteiger partial charge >= 0.3 is 5.97 Å². The number of benzene rings is 1. The maximum atomic E-state index is 13.7. The molecule has 2 saturated carbocycles. The van der Waals surface area contributed by atoms with E-state index in [0.717, 1.165) is 52.2 Å². The van der Waals surface area contributed by atoms with Crippen molar-refractivity contribution in [3.05, 3.63) is 40.9 Å². The van der Waals surface area contributed by atoms with Crippen LogP contribution in [0.25, 0.3) is 17.0 Å². The molecule has 0 radical (unpaired) electrons. The summed E-state index contributed by atoms with van der Waals surface area (Å²) in [4.78, 5) is 33.5. The summed E-state index contributed by atoms with van der Waals surface area (Å²) in [5, 5.41) is 1.92. The number of amides is 1. The Bertz CT molecular complexity index is 1120. The van der Waals surface area contributed by atoms with E-state index in [1.54, 1.807) is 0 Å². The molecule has 1 aromatic carbocycles. The van der Waals surface area contributed by atoms with Crippen molar-refractivity contribution in [3.63, 3.8) is 0 Å². The lowest BCUT2D eigenvalue weighted by Gasteiger charge is -2.31. The molecule has 6 nitrogen and oxygen atoms in total. The number of fused-ring (bicyclic) bond motifs is 1. The highest BCUT2D eigenvalue weighted by atomic mass is 32.2. The molecule has 3 aliphatic rings. The number of aliphatic imine (C=N–C) groups is 1. The van der Waals surface area contributed by atoms with E-state index in [0.29, 0.717) is 6.04 Å². The molecule has 1 saturated heterocycles. The van der Waals surface area contributed by atoms with Crippen LogP contribution in [0.15, 0.2) is 40.4 Å². The van der Waals surface area contributed by atoms with Gasteiger partial charge in [-0.15, -0.1) is 0 Å². The standard InChI is InChI=1S/C27H33N3O3S/c1-33-25(31)18-29-17-19(22-14-8-9-15-23(22)29)16-24-26(32)30(21-12-6-3-7-13-21)27(34-24)28-20-10-4-2-5-11-20/h8-9,14-17,20-21H,2-7,10-13,18H2,1H3/b24-16-,28-27?. The first-order valence-corrected chi connectivity index (χ1v) is 13.4. The molecule has 0 N–H and O–H groups in total.